The number of nitrogens with zero attached hydrogens (tertiary/aromatic N) is 1. The zero-order valence-corrected chi connectivity index (χ0v) is 10.6. The van der Waals surface area contributed by atoms with E-state index in [4.69, 9.17) is 5.73 Å². The summed E-state index contributed by atoms with van der Waals surface area (Å²) >= 11 is 1.64. The van der Waals surface area contributed by atoms with Gasteiger partial charge < -0.3 is 10.6 Å². The summed E-state index contributed by atoms with van der Waals surface area (Å²) in [6.07, 6.45) is 3.55. The van der Waals surface area contributed by atoms with Crippen LogP contribution >= 0.6 is 11.8 Å². The van der Waals surface area contributed by atoms with E-state index in [-0.39, 0.29) is 5.91 Å². The van der Waals surface area contributed by atoms with Gasteiger partial charge in [-0.3, -0.25) is 4.79 Å². The Morgan fingerprint density at radius 2 is 2.00 bits per heavy atom. The van der Waals surface area contributed by atoms with Crippen LogP contribution in [0.5, 0.6) is 0 Å². The first-order chi connectivity index (χ1) is 7.16. The molecule has 0 aromatic heterocycles. The van der Waals surface area contributed by atoms with Crippen LogP contribution < -0.4 is 5.73 Å². The topological polar surface area (TPSA) is 46.3 Å². The van der Waals surface area contributed by atoms with Gasteiger partial charge >= 0.3 is 0 Å². The number of nitrogens with two attached hydrogens (primary N) is 1. The number of rotatable bonds is 4. The number of likely N-dealkylation sites (tertiary alicyclic amines) is 1. The highest BCUT2D eigenvalue weighted by molar-refractivity contribution is 7.99. The van der Waals surface area contributed by atoms with Gasteiger partial charge in [-0.1, -0.05) is 0 Å². The summed E-state index contributed by atoms with van der Waals surface area (Å²) in [5.74, 6) is 1.75. The molecule has 0 spiro atoms. The van der Waals surface area contributed by atoms with Crippen molar-refractivity contribution < 1.29 is 4.79 Å². The van der Waals surface area contributed by atoms with Gasteiger partial charge in [0.25, 0.3) is 0 Å². The molecular weight excluding hydrogens is 208 g/mol. The zero-order valence-electron chi connectivity index (χ0n) is 9.74. The fraction of sp³-hybridized carbons (Fsp3) is 0.909. The standard InChI is InChI=1S/C11H22N2OS/c1-9-4-3-5-10(2)13(9)11(14)8-15-7-6-12/h9-10H,3-8,12H2,1-2H3. The number of piperidine rings is 1. The summed E-state index contributed by atoms with van der Waals surface area (Å²) in [5, 5.41) is 0. The lowest BCUT2D eigenvalue weighted by Gasteiger charge is -2.39. The second kappa shape index (κ2) is 6.38. The number of hydrogen-bond acceptors (Lipinski definition) is 3. The number of amides is 1. The van der Waals surface area contributed by atoms with E-state index in [0.29, 0.717) is 24.4 Å². The van der Waals surface area contributed by atoms with Crippen LogP contribution in [0, 0.1) is 0 Å². The maximum absolute atomic E-state index is 12.0. The molecule has 0 aliphatic carbocycles. The molecule has 0 saturated carbocycles. The number of carbonyl (C=O) groups is 1. The van der Waals surface area contributed by atoms with Crippen LogP contribution in [0.1, 0.15) is 33.1 Å². The van der Waals surface area contributed by atoms with Crippen molar-refractivity contribution in [3.05, 3.63) is 0 Å². The first-order valence-electron chi connectivity index (χ1n) is 5.75. The fourth-order valence-electron chi connectivity index (χ4n) is 2.23. The van der Waals surface area contributed by atoms with Gasteiger partial charge in [0.2, 0.25) is 5.91 Å². The normalized spacial score (nSPS) is 26.7. The molecule has 1 aliphatic heterocycles. The van der Waals surface area contributed by atoms with Gasteiger partial charge in [-0.15, -0.1) is 0 Å². The third kappa shape index (κ3) is 3.68. The Hall–Kier alpha value is -0.220. The van der Waals surface area contributed by atoms with Crippen LogP contribution in [0.3, 0.4) is 0 Å². The Balaban J connectivity index is 2.41. The molecule has 2 atom stereocenters. The van der Waals surface area contributed by atoms with Gasteiger partial charge in [0, 0.05) is 24.4 Å². The van der Waals surface area contributed by atoms with Gasteiger partial charge in [0.15, 0.2) is 0 Å². The highest BCUT2D eigenvalue weighted by atomic mass is 32.2. The van der Waals surface area contributed by atoms with E-state index in [2.05, 4.69) is 18.7 Å². The van der Waals surface area contributed by atoms with Crippen molar-refractivity contribution in [3.63, 3.8) is 0 Å². The maximum Gasteiger partial charge on any atom is 0.233 e. The molecule has 2 N–H and O–H groups in total. The van der Waals surface area contributed by atoms with Crippen LogP contribution in [0.15, 0.2) is 0 Å². The lowest BCUT2D eigenvalue weighted by molar-refractivity contribution is -0.134. The van der Waals surface area contributed by atoms with Crippen molar-refractivity contribution in [2.45, 2.75) is 45.2 Å². The molecule has 0 aromatic carbocycles. The average molecular weight is 230 g/mol. The minimum atomic E-state index is 0.285. The van der Waals surface area contributed by atoms with Crippen LogP contribution in [0.2, 0.25) is 0 Å². The van der Waals surface area contributed by atoms with Crippen LogP contribution in [0.4, 0.5) is 0 Å². The second-order valence-corrected chi connectivity index (χ2v) is 5.38. The third-order valence-corrected chi connectivity index (χ3v) is 3.94. The minimum Gasteiger partial charge on any atom is -0.337 e. The summed E-state index contributed by atoms with van der Waals surface area (Å²) in [6.45, 7) is 4.96. The molecule has 15 heavy (non-hydrogen) atoms. The molecule has 1 aliphatic rings. The second-order valence-electron chi connectivity index (χ2n) is 4.27. The van der Waals surface area contributed by atoms with Gasteiger partial charge in [0.05, 0.1) is 5.75 Å². The molecule has 1 fully saturated rings. The predicted molar refractivity (Wildman–Crippen MR) is 66.0 cm³/mol. The monoisotopic (exact) mass is 230 g/mol. The molecule has 2 unspecified atom stereocenters. The number of carbonyl (C=O) groups excluding carboxylic acids is 1. The van der Waals surface area contributed by atoms with E-state index < -0.39 is 0 Å². The SMILES string of the molecule is CC1CCCC(C)N1C(=O)CSCCN. The molecule has 1 saturated heterocycles. The van der Waals surface area contributed by atoms with Gasteiger partial charge in [-0.25, -0.2) is 0 Å². The molecule has 1 amide bonds. The first kappa shape index (κ1) is 12.8. The molecule has 0 bridgehead atoms. The highest BCUT2D eigenvalue weighted by Gasteiger charge is 2.28. The summed E-state index contributed by atoms with van der Waals surface area (Å²) in [6, 6.07) is 0.833. The van der Waals surface area contributed by atoms with Crippen molar-refractivity contribution in [1.82, 2.24) is 4.90 Å². The minimum absolute atomic E-state index is 0.285. The fourth-order valence-corrected chi connectivity index (χ4v) is 2.86. The summed E-state index contributed by atoms with van der Waals surface area (Å²) in [7, 11) is 0. The smallest absolute Gasteiger partial charge is 0.233 e. The zero-order chi connectivity index (χ0) is 11.3. The molecule has 88 valence electrons. The van der Waals surface area contributed by atoms with E-state index in [1.165, 1.54) is 6.42 Å². The Labute approximate surface area is 96.8 Å². The largest absolute Gasteiger partial charge is 0.337 e. The molecule has 3 nitrogen and oxygen atoms in total. The number of thioether (sulfide) groups is 1. The summed E-state index contributed by atoms with van der Waals surface area (Å²) in [4.78, 5) is 14.0. The molecule has 1 rings (SSSR count). The Kier molecular flexibility index (Phi) is 5.47. The Morgan fingerprint density at radius 1 is 1.40 bits per heavy atom. The number of hydrogen-bond donors (Lipinski definition) is 1. The van der Waals surface area contributed by atoms with Crippen molar-refractivity contribution in [2.75, 3.05) is 18.1 Å². The van der Waals surface area contributed by atoms with Gasteiger partial charge in [-0.2, -0.15) is 11.8 Å². The van der Waals surface area contributed by atoms with Gasteiger partial charge in [-0.05, 0) is 33.1 Å². The highest BCUT2D eigenvalue weighted by Crippen LogP contribution is 2.23. The molecule has 1 heterocycles. The first-order valence-corrected chi connectivity index (χ1v) is 6.91. The maximum atomic E-state index is 12.0. The molecular formula is C11H22N2OS. The predicted octanol–water partition coefficient (Wildman–Crippen LogP) is 1.47. The van der Waals surface area contributed by atoms with Crippen LogP contribution in [-0.2, 0) is 4.79 Å². The Bertz CT molecular complexity index is 201. The van der Waals surface area contributed by atoms with E-state index in [9.17, 15) is 4.79 Å². The summed E-state index contributed by atoms with van der Waals surface area (Å²) < 4.78 is 0. The van der Waals surface area contributed by atoms with E-state index in [1.54, 1.807) is 11.8 Å². The molecule has 0 radical (unpaired) electrons. The van der Waals surface area contributed by atoms with E-state index in [1.807, 2.05) is 0 Å². The van der Waals surface area contributed by atoms with Crippen molar-refractivity contribution >= 4 is 17.7 Å². The molecule has 4 heteroatoms. The molecule has 0 aromatic rings. The van der Waals surface area contributed by atoms with Gasteiger partial charge in [0.1, 0.15) is 0 Å². The van der Waals surface area contributed by atoms with E-state index in [0.717, 1.165) is 18.6 Å². The van der Waals surface area contributed by atoms with Crippen LogP contribution in [-0.4, -0.2) is 40.9 Å². The van der Waals surface area contributed by atoms with E-state index >= 15 is 0 Å². The Morgan fingerprint density at radius 3 is 2.53 bits per heavy atom. The summed E-state index contributed by atoms with van der Waals surface area (Å²) in [5.41, 5.74) is 5.40. The van der Waals surface area contributed by atoms with Crippen molar-refractivity contribution in [3.8, 4) is 0 Å². The third-order valence-electron chi connectivity index (χ3n) is 2.97. The average Bonchev–Trinajstić information content (AvgIpc) is 2.18. The van der Waals surface area contributed by atoms with Crippen LogP contribution in [0.25, 0.3) is 0 Å². The van der Waals surface area contributed by atoms with Crippen molar-refractivity contribution in [1.29, 1.82) is 0 Å². The lowest BCUT2D eigenvalue weighted by Crippen LogP contribution is -2.48. The quantitative estimate of drug-likeness (QED) is 0.744. The lowest BCUT2D eigenvalue weighted by atomic mass is 9.98. The van der Waals surface area contributed by atoms with Crippen molar-refractivity contribution in [2.24, 2.45) is 5.73 Å².